The van der Waals surface area contributed by atoms with Crippen molar-refractivity contribution < 1.29 is 14.3 Å². The van der Waals surface area contributed by atoms with E-state index in [1.54, 1.807) is 23.6 Å². The summed E-state index contributed by atoms with van der Waals surface area (Å²) in [7, 11) is 0. The number of likely N-dealkylation sites (tertiary alicyclic amines) is 1. The van der Waals surface area contributed by atoms with Crippen molar-refractivity contribution in [1.82, 2.24) is 4.90 Å². The zero-order valence-electron chi connectivity index (χ0n) is 17.4. The summed E-state index contributed by atoms with van der Waals surface area (Å²) in [5.41, 5.74) is 0.854. The lowest BCUT2D eigenvalue weighted by Crippen LogP contribution is -2.41. The highest BCUT2D eigenvalue weighted by Gasteiger charge is 2.29. The molecule has 3 rings (SSSR count). The molecule has 0 aliphatic carbocycles. The molecule has 2 aromatic rings. The molecule has 0 bridgehead atoms. The zero-order valence-corrected chi connectivity index (χ0v) is 18.2. The number of rotatable bonds is 7. The molecule has 1 aliphatic rings. The fourth-order valence-electron chi connectivity index (χ4n) is 3.33. The van der Waals surface area contributed by atoms with Crippen molar-refractivity contribution in [2.24, 2.45) is 5.92 Å². The fraction of sp³-hybridized carbons (Fsp3) is 0.292. The first kappa shape index (κ1) is 22.4. The van der Waals surface area contributed by atoms with Crippen LogP contribution >= 0.6 is 11.8 Å². The van der Waals surface area contributed by atoms with Gasteiger partial charge in [0.05, 0.1) is 18.2 Å². The van der Waals surface area contributed by atoms with Gasteiger partial charge < -0.3 is 15.0 Å². The molecule has 0 saturated carbocycles. The van der Waals surface area contributed by atoms with E-state index in [2.05, 4.69) is 5.32 Å². The molecule has 1 saturated heterocycles. The summed E-state index contributed by atoms with van der Waals surface area (Å²) in [5, 5.41) is 12.7. The molecule has 160 valence electrons. The van der Waals surface area contributed by atoms with Crippen LogP contribution in [0, 0.1) is 17.2 Å². The summed E-state index contributed by atoms with van der Waals surface area (Å²) >= 11 is 1.60. The van der Waals surface area contributed by atoms with Crippen LogP contribution in [0.5, 0.6) is 0 Å². The average molecular weight is 436 g/mol. The first-order valence-electron chi connectivity index (χ1n) is 10.3. The third-order valence-corrected chi connectivity index (χ3v) is 6.07. The Balaban J connectivity index is 1.64. The lowest BCUT2D eigenvalue weighted by molar-refractivity contribution is -0.150. The maximum atomic E-state index is 12.8. The second-order valence-corrected chi connectivity index (χ2v) is 8.16. The fourth-order valence-corrected chi connectivity index (χ4v) is 4.26. The summed E-state index contributed by atoms with van der Waals surface area (Å²) < 4.78 is 5.07. The first-order valence-corrected chi connectivity index (χ1v) is 11.1. The van der Waals surface area contributed by atoms with Crippen LogP contribution in [0.1, 0.15) is 19.8 Å². The van der Waals surface area contributed by atoms with Crippen molar-refractivity contribution in [2.45, 2.75) is 29.6 Å². The minimum Gasteiger partial charge on any atom is -0.466 e. The molecule has 1 heterocycles. The molecule has 1 amide bonds. The number of carbonyl (C=O) groups is 2. The number of amides is 1. The molecule has 2 aromatic carbocycles. The van der Waals surface area contributed by atoms with E-state index in [0.717, 1.165) is 15.5 Å². The standard InChI is InChI=1S/C24H25N3O3S/c1-2-30-24(29)18-12-14-27(15-13-18)23(28)19(16-25)17-26-21-10-6-7-11-22(21)31-20-8-4-3-5-9-20/h3-11,17-18,26H,2,12-15H2,1H3/b19-17-. The third-order valence-electron chi connectivity index (χ3n) is 4.98. The summed E-state index contributed by atoms with van der Waals surface area (Å²) in [6, 6.07) is 19.7. The van der Waals surface area contributed by atoms with Gasteiger partial charge in [-0.3, -0.25) is 9.59 Å². The normalized spacial score (nSPS) is 14.6. The lowest BCUT2D eigenvalue weighted by atomic mass is 9.96. The van der Waals surface area contributed by atoms with E-state index in [-0.39, 0.29) is 23.4 Å². The number of benzene rings is 2. The Hall–Kier alpha value is -3.24. The number of piperidine rings is 1. The van der Waals surface area contributed by atoms with E-state index >= 15 is 0 Å². The first-order chi connectivity index (χ1) is 15.1. The Morgan fingerprint density at radius 1 is 1.16 bits per heavy atom. The molecule has 1 fully saturated rings. The molecule has 6 nitrogen and oxygen atoms in total. The van der Waals surface area contributed by atoms with Gasteiger partial charge >= 0.3 is 5.97 Å². The summed E-state index contributed by atoms with van der Waals surface area (Å²) in [5.74, 6) is -0.719. The molecular formula is C24H25N3O3S. The Morgan fingerprint density at radius 2 is 1.84 bits per heavy atom. The molecule has 0 radical (unpaired) electrons. The van der Waals surface area contributed by atoms with Crippen LogP contribution in [-0.2, 0) is 14.3 Å². The predicted molar refractivity (Wildman–Crippen MR) is 120 cm³/mol. The molecule has 0 spiro atoms. The number of carbonyl (C=O) groups excluding carboxylic acids is 2. The van der Waals surface area contributed by atoms with Crippen LogP contribution in [0.4, 0.5) is 5.69 Å². The van der Waals surface area contributed by atoms with Gasteiger partial charge in [0.15, 0.2) is 0 Å². The van der Waals surface area contributed by atoms with E-state index < -0.39 is 0 Å². The van der Waals surface area contributed by atoms with Gasteiger partial charge in [0.2, 0.25) is 0 Å². The van der Waals surface area contributed by atoms with Crippen LogP contribution in [0.3, 0.4) is 0 Å². The number of nitrogens with zero attached hydrogens (tertiary/aromatic N) is 2. The highest BCUT2D eigenvalue weighted by atomic mass is 32.2. The van der Waals surface area contributed by atoms with Crippen LogP contribution in [0.2, 0.25) is 0 Å². The van der Waals surface area contributed by atoms with Crippen molar-refractivity contribution >= 4 is 29.3 Å². The van der Waals surface area contributed by atoms with E-state index in [1.165, 1.54) is 6.20 Å². The Morgan fingerprint density at radius 3 is 2.52 bits per heavy atom. The second kappa shape index (κ2) is 11.2. The number of para-hydroxylation sites is 1. The molecule has 0 aromatic heterocycles. The van der Waals surface area contributed by atoms with Gasteiger partial charge in [-0.25, -0.2) is 0 Å². The number of nitrogens with one attached hydrogen (secondary N) is 1. The minimum atomic E-state index is -0.328. The van der Waals surface area contributed by atoms with E-state index in [0.29, 0.717) is 32.5 Å². The number of anilines is 1. The van der Waals surface area contributed by atoms with Gasteiger partial charge in [-0.05, 0) is 44.0 Å². The van der Waals surface area contributed by atoms with Gasteiger partial charge in [-0.1, -0.05) is 42.1 Å². The van der Waals surface area contributed by atoms with Crippen molar-refractivity contribution in [1.29, 1.82) is 5.26 Å². The Labute approximate surface area is 186 Å². The topological polar surface area (TPSA) is 82.4 Å². The number of ether oxygens (including phenoxy) is 1. The lowest BCUT2D eigenvalue weighted by Gasteiger charge is -2.30. The minimum absolute atomic E-state index is 0.0362. The quantitative estimate of drug-likeness (QED) is 0.393. The van der Waals surface area contributed by atoms with Crippen LogP contribution < -0.4 is 5.32 Å². The molecule has 1 aliphatic heterocycles. The summed E-state index contributed by atoms with van der Waals surface area (Å²) in [6.07, 6.45) is 2.56. The van der Waals surface area contributed by atoms with Gasteiger partial charge in [0, 0.05) is 29.1 Å². The smallest absolute Gasteiger partial charge is 0.309 e. The maximum Gasteiger partial charge on any atom is 0.309 e. The second-order valence-electron chi connectivity index (χ2n) is 7.04. The molecule has 0 unspecified atom stereocenters. The molecule has 31 heavy (non-hydrogen) atoms. The van der Waals surface area contributed by atoms with Crippen molar-refractivity contribution in [2.75, 3.05) is 25.0 Å². The number of hydrogen-bond acceptors (Lipinski definition) is 6. The van der Waals surface area contributed by atoms with Crippen LogP contribution in [0.15, 0.2) is 76.2 Å². The number of nitriles is 1. The van der Waals surface area contributed by atoms with Gasteiger partial charge in [-0.2, -0.15) is 5.26 Å². The van der Waals surface area contributed by atoms with Crippen LogP contribution in [-0.4, -0.2) is 36.5 Å². The zero-order chi connectivity index (χ0) is 22.1. The average Bonchev–Trinajstić information content (AvgIpc) is 2.81. The van der Waals surface area contributed by atoms with Crippen molar-refractivity contribution in [3.8, 4) is 6.07 Å². The van der Waals surface area contributed by atoms with Gasteiger partial charge in [0.25, 0.3) is 5.91 Å². The van der Waals surface area contributed by atoms with Gasteiger partial charge in [-0.15, -0.1) is 0 Å². The highest BCUT2D eigenvalue weighted by Crippen LogP contribution is 2.33. The van der Waals surface area contributed by atoms with Crippen molar-refractivity contribution in [3.05, 3.63) is 66.4 Å². The molecule has 0 atom stereocenters. The molecule has 1 N–H and O–H groups in total. The predicted octanol–water partition coefficient (Wildman–Crippen LogP) is 4.46. The SMILES string of the molecule is CCOC(=O)C1CCN(C(=O)/C(C#N)=C\Nc2ccccc2Sc2ccccc2)CC1. The van der Waals surface area contributed by atoms with E-state index in [9.17, 15) is 14.9 Å². The Bertz CT molecular complexity index is 977. The number of esters is 1. The Kier molecular flexibility index (Phi) is 8.13. The van der Waals surface area contributed by atoms with Crippen LogP contribution in [0.25, 0.3) is 0 Å². The largest absolute Gasteiger partial charge is 0.466 e. The summed E-state index contributed by atoms with van der Waals surface area (Å²) in [6.45, 7) is 3.00. The van der Waals surface area contributed by atoms with E-state index in [4.69, 9.17) is 4.74 Å². The maximum absolute atomic E-state index is 12.8. The monoisotopic (exact) mass is 435 g/mol. The number of hydrogen-bond donors (Lipinski definition) is 1. The molecular weight excluding hydrogens is 410 g/mol. The molecule has 7 heteroatoms. The van der Waals surface area contributed by atoms with Crippen molar-refractivity contribution in [3.63, 3.8) is 0 Å². The highest BCUT2D eigenvalue weighted by molar-refractivity contribution is 7.99. The van der Waals surface area contributed by atoms with Gasteiger partial charge in [0.1, 0.15) is 11.6 Å². The third kappa shape index (κ3) is 6.12. The van der Waals surface area contributed by atoms with E-state index in [1.807, 2.05) is 60.7 Å². The summed E-state index contributed by atoms with van der Waals surface area (Å²) in [4.78, 5) is 28.4.